The molecule has 3 heteroatoms. The monoisotopic (exact) mass is 245 g/mol. The summed E-state index contributed by atoms with van der Waals surface area (Å²) in [5.41, 5.74) is 0. The highest BCUT2D eigenvalue weighted by Gasteiger charge is 2.04. The van der Waals surface area contributed by atoms with E-state index >= 15 is 0 Å². The highest BCUT2D eigenvalue weighted by Crippen LogP contribution is 2.18. The molecule has 12 heavy (non-hydrogen) atoms. The molecule has 1 aromatic rings. The van der Waals surface area contributed by atoms with E-state index in [1.54, 1.807) is 11.3 Å². The second-order valence-electron chi connectivity index (χ2n) is 2.64. The van der Waals surface area contributed by atoms with Crippen LogP contribution in [0.4, 0.5) is 0 Å². The first-order valence-electron chi connectivity index (χ1n) is 3.80. The average molecular weight is 246 g/mol. The lowest BCUT2D eigenvalue weighted by Gasteiger charge is -2.10. The lowest BCUT2D eigenvalue weighted by molar-refractivity contribution is 0.626. The minimum atomic E-state index is 0.416. The van der Waals surface area contributed by atoms with Gasteiger partial charge in [0, 0.05) is 21.9 Å². The summed E-state index contributed by atoms with van der Waals surface area (Å²) in [5, 5.41) is 5.44. The highest BCUT2D eigenvalue weighted by molar-refractivity contribution is 9.11. The van der Waals surface area contributed by atoms with E-state index in [4.69, 9.17) is 0 Å². The highest BCUT2D eigenvalue weighted by atomic mass is 79.9. The fraction of sp³-hybridized carbons (Fsp3) is 0.333. The Balaban J connectivity index is 2.39. The van der Waals surface area contributed by atoms with Crippen molar-refractivity contribution >= 4 is 27.3 Å². The molecule has 0 amide bonds. The Labute approximate surface area is 85.6 Å². The molecule has 66 valence electrons. The van der Waals surface area contributed by atoms with Crippen LogP contribution in [0.15, 0.2) is 28.6 Å². The van der Waals surface area contributed by atoms with Crippen molar-refractivity contribution < 1.29 is 0 Å². The van der Waals surface area contributed by atoms with Gasteiger partial charge in [-0.2, -0.15) is 0 Å². The summed E-state index contributed by atoms with van der Waals surface area (Å²) in [6, 6.07) is 4.62. The molecule has 1 atom stereocenters. The Morgan fingerprint density at radius 2 is 2.58 bits per heavy atom. The zero-order valence-corrected chi connectivity index (χ0v) is 9.41. The van der Waals surface area contributed by atoms with E-state index in [0.717, 1.165) is 11.0 Å². The van der Waals surface area contributed by atoms with Gasteiger partial charge >= 0.3 is 0 Å². The van der Waals surface area contributed by atoms with Crippen molar-refractivity contribution in [3.8, 4) is 0 Å². The molecule has 1 rings (SSSR count). The minimum absolute atomic E-state index is 0.416. The van der Waals surface area contributed by atoms with E-state index < -0.39 is 0 Å². The van der Waals surface area contributed by atoms with E-state index in [9.17, 15) is 0 Å². The van der Waals surface area contributed by atoms with Gasteiger partial charge in [-0.15, -0.1) is 11.3 Å². The maximum absolute atomic E-state index is 3.77. The summed E-state index contributed by atoms with van der Waals surface area (Å²) in [5.74, 6) is 0. The second kappa shape index (κ2) is 4.80. The lowest BCUT2D eigenvalue weighted by atomic mass is 10.3. The summed E-state index contributed by atoms with van der Waals surface area (Å²) >= 11 is 5.09. The smallest absolute Gasteiger partial charge is 0.0388 e. The molecular weight excluding hydrogens is 234 g/mol. The zero-order valence-electron chi connectivity index (χ0n) is 7.01. The first-order valence-corrected chi connectivity index (χ1v) is 5.47. The van der Waals surface area contributed by atoms with E-state index in [1.165, 1.54) is 4.88 Å². The van der Waals surface area contributed by atoms with Gasteiger partial charge in [0.25, 0.3) is 0 Å². The van der Waals surface area contributed by atoms with Gasteiger partial charge in [-0.1, -0.05) is 28.6 Å². The first-order chi connectivity index (χ1) is 5.70. The molecule has 0 aromatic carbocycles. The third kappa shape index (κ3) is 3.09. The van der Waals surface area contributed by atoms with Crippen molar-refractivity contribution in [3.63, 3.8) is 0 Å². The predicted molar refractivity (Wildman–Crippen MR) is 58.8 cm³/mol. The van der Waals surface area contributed by atoms with Gasteiger partial charge in [-0.05, 0) is 18.4 Å². The Kier molecular flexibility index (Phi) is 3.98. The molecule has 0 saturated heterocycles. The molecule has 0 spiro atoms. The van der Waals surface area contributed by atoms with Crippen molar-refractivity contribution in [2.45, 2.75) is 13.0 Å². The van der Waals surface area contributed by atoms with Crippen LogP contribution < -0.4 is 5.32 Å². The van der Waals surface area contributed by atoms with Gasteiger partial charge in [0.2, 0.25) is 0 Å². The quantitative estimate of drug-likeness (QED) is 0.859. The third-order valence-electron chi connectivity index (χ3n) is 1.57. The van der Waals surface area contributed by atoms with Crippen LogP contribution in [0.5, 0.6) is 0 Å². The van der Waals surface area contributed by atoms with Crippen molar-refractivity contribution in [2.75, 3.05) is 6.54 Å². The van der Waals surface area contributed by atoms with E-state index in [1.807, 2.05) is 0 Å². The van der Waals surface area contributed by atoms with Crippen molar-refractivity contribution in [1.29, 1.82) is 0 Å². The Bertz CT molecular complexity index is 243. The zero-order chi connectivity index (χ0) is 8.97. The molecule has 0 aliphatic heterocycles. The second-order valence-corrected chi connectivity index (χ2v) is 4.74. The lowest BCUT2D eigenvalue weighted by Crippen LogP contribution is -2.18. The van der Waals surface area contributed by atoms with Gasteiger partial charge in [-0.25, -0.2) is 0 Å². The molecule has 0 unspecified atom stereocenters. The Morgan fingerprint density at radius 1 is 1.83 bits per heavy atom. The van der Waals surface area contributed by atoms with Crippen LogP contribution in [-0.2, 0) is 0 Å². The normalized spacial score (nSPS) is 12.8. The predicted octanol–water partition coefficient (Wildman–Crippen LogP) is 3.31. The number of halogens is 1. The summed E-state index contributed by atoms with van der Waals surface area (Å²) in [6.07, 6.45) is 0. The fourth-order valence-electron chi connectivity index (χ4n) is 0.902. The summed E-state index contributed by atoms with van der Waals surface area (Å²) < 4.78 is 0.992. The molecule has 0 saturated carbocycles. The minimum Gasteiger partial charge on any atom is -0.305 e. The molecule has 0 fully saturated rings. The van der Waals surface area contributed by atoms with Crippen molar-refractivity contribution in [3.05, 3.63) is 33.5 Å². The Hall–Kier alpha value is -0.120. The van der Waals surface area contributed by atoms with Crippen LogP contribution in [-0.4, -0.2) is 6.54 Å². The molecule has 1 N–H and O–H groups in total. The van der Waals surface area contributed by atoms with Crippen LogP contribution in [0.2, 0.25) is 0 Å². The maximum atomic E-state index is 3.77. The number of rotatable bonds is 4. The molecule has 0 aliphatic rings. The SMILES string of the molecule is C=C(Br)CN[C@@H](C)c1cccs1. The number of nitrogens with one attached hydrogen (secondary N) is 1. The molecule has 0 bridgehead atoms. The van der Waals surface area contributed by atoms with Crippen molar-refractivity contribution in [1.82, 2.24) is 5.32 Å². The van der Waals surface area contributed by atoms with Crippen LogP contribution in [0.3, 0.4) is 0 Å². The van der Waals surface area contributed by atoms with Gasteiger partial charge < -0.3 is 5.32 Å². The molecule has 0 aliphatic carbocycles. The standard InChI is InChI=1S/C9H12BrNS/c1-7(10)6-11-8(2)9-4-3-5-12-9/h3-5,8,11H,1,6H2,2H3/t8-/m0/s1. The van der Waals surface area contributed by atoms with Crippen LogP contribution in [0.1, 0.15) is 17.8 Å². The molecule has 1 heterocycles. The molecule has 1 aromatic heterocycles. The number of thiophene rings is 1. The van der Waals surface area contributed by atoms with E-state index in [2.05, 4.69) is 52.3 Å². The molecular formula is C9H12BrNS. The largest absolute Gasteiger partial charge is 0.305 e. The molecule has 1 nitrogen and oxygen atoms in total. The summed E-state index contributed by atoms with van der Waals surface area (Å²) in [7, 11) is 0. The Morgan fingerprint density at radius 3 is 3.08 bits per heavy atom. The van der Waals surface area contributed by atoms with Crippen molar-refractivity contribution in [2.24, 2.45) is 0 Å². The van der Waals surface area contributed by atoms with Gasteiger partial charge in [0.05, 0.1) is 0 Å². The van der Waals surface area contributed by atoms with E-state index in [-0.39, 0.29) is 0 Å². The first kappa shape index (κ1) is 9.96. The average Bonchev–Trinajstić information content (AvgIpc) is 2.51. The van der Waals surface area contributed by atoms with Gasteiger partial charge in [0.15, 0.2) is 0 Å². The number of hydrogen-bond donors (Lipinski definition) is 1. The van der Waals surface area contributed by atoms with Gasteiger partial charge in [0.1, 0.15) is 0 Å². The topological polar surface area (TPSA) is 12.0 Å². The van der Waals surface area contributed by atoms with Crippen LogP contribution in [0.25, 0.3) is 0 Å². The fourth-order valence-corrected chi connectivity index (χ4v) is 1.82. The summed E-state index contributed by atoms with van der Waals surface area (Å²) in [4.78, 5) is 1.36. The van der Waals surface area contributed by atoms with Gasteiger partial charge in [-0.3, -0.25) is 0 Å². The molecule has 0 radical (unpaired) electrons. The third-order valence-corrected chi connectivity index (χ3v) is 2.91. The van der Waals surface area contributed by atoms with Crippen LogP contribution >= 0.6 is 27.3 Å². The van der Waals surface area contributed by atoms with Crippen LogP contribution in [0, 0.1) is 0 Å². The maximum Gasteiger partial charge on any atom is 0.0388 e. The van der Waals surface area contributed by atoms with E-state index in [0.29, 0.717) is 6.04 Å². The summed E-state index contributed by atoms with van der Waals surface area (Å²) in [6.45, 7) is 6.74. The number of hydrogen-bond acceptors (Lipinski definition) is 2.